The third-order valence-electron chi connectivity index (χ3n) is 4.82. The highest BCUT2D eigenvalue weighted by molar-refractivity contribution is 14.0. The van der Waals surface area contributed by atoms with Crippen LogP contribution in [0.2, 0.25) is 0 Å². The Hall–Kier alpha value is -2.47. The Labute approximate surface area is 200 Å². The number of methoxy groups -OCH3 is 1. The number of aromatic nitrogens is 5. The molecule has 3 rings (SSSR count). The van der Waals surface area contributed by atoms with Gasteiger partial charge in [-0.1, -0.05) is 30.3 Å². The summed E-state index contributed by atoms with van der Waals surface area (Å²) >= 11 is 0. The molecule has 168 valence electrons. The first-order chi connectivity index (χ1) is 14.6. The second-order valence-corrected chi connectivity index (χ2v) is 7.10. The highest BCUT2D eigenvalue weighted by Crippen LogP contribution is 2.16. The van der Waals surface area contributed by atoms with Crippen molar-refractivity contribution >= 4 is 29.9 Å². The Balaban J connectivity index is 0.00000341. The van der Waals surface area contributed by atoms with Gasteiger partial charge >= 0.3 is 0 Å². The molecule has 0 aliphatic rings. The summed E-state index contributed by atoms with van der Waals surface area (Å²) < 4.78 is 7.09. The monoisotopic (exact) mass is 538 g/mol. The topological polar surface area (TPSA) is 96.2 Å². The van der Waals surface area contributed by atoms with Crippen molar-refractivity contribution in [1.82, 2.24) is 34.9 Å². The Bertz CT molecular complexity index is 953. The maximum absolute atomic E-state index is 5.14. The molecule has 31 heavy (non-hydrogen) atoms. The summed E-state index contributed by atoms with van der Waals surface area (Å²) in [7, 11) is 5.65. The number of benzene rings is 1. The number of halogens is 1. The standard InChI is InChI=1S/C21H30N8O.HI/c1-16-26-27-20(29(16)3)14-24-21(22-11-8-12-30-4)28(2)15-19-23-13-18(25-19)17-9-6-5-7-10-17;/h5-7,9-10,13H,8,11-12,14-15H2,1-4H3,(H,22,24)(H,23,25);1H. The lowest BCUT2D eigenvalue weighted by atomic mass is 10.2. The summed E-state index contributed by atoms with van der Waals surface area (Å²) in [4.78, 5) is 14.7. The van der Waals surface area contributed by atoms with Gasteiger partial charge in [0, 0.05) is 34.4 Å². The average Bonchev–Trinajstić information content (AvgIpc) is 3.35. The van der Waals surface area contributed by atoms with Gasteiger partial charge in [0.2, 0.25) is 0 Å². The minimum atomic E-state index is 0. The van der Waals surface area contributed by atoms with Crippen LogP contribution in [0.1, 0.15) is 23.9 Å². The van der Waals surface area contributed by atoms with Gasteiger partial charge in [0.05, 0.1) is 18.4 Å². The van der Waals surface area contributed by atoms with E-state index in [1.165, 1.54) is 0 Å². The van der Waals surface area contributed by atoms with Gasteiger partial charge in [0.15, 0.2) is 11.8 Å². The van der Waals surface area contributed by atoms with Crippen LogP contribution in [-0.4, -0.2) is 62.9 Å². The lowest BCUT2D eigenvalue weighted by Crippen LogP contribution is -2.39. The first kappa shape index (κ1) is 24.8. The molecule has 0 unspecified atom stereocenters. The highest BCUT2D eigenvalue weighted by atomic mass is 127. The van der Waals surface area contributed by atoms with Crippen LogP contribution in [0.15, 0.2) is 41.5 Å². The smallest absolute Gasteiger partial charge is 0.194 e. The molecule has 0 spiro atoms. The molecule has 9 nitrogen and oxygen atoms in total. The number of aliphatic imine (C=N–C) groups is 1. The van der Waals surface area contributed by atoms with Crippen LogP contribution < -0.4 is 5.32 Å². The number of nitrogens with one attached hydrogen (secondary N) is 2. The van der Waals surface area contributed by atoms with E-state index in [1.807, 2.05) is 54.9 Å². The summed E-state index contributed by atoms with van der Waals surface area (Å²) in [6.45, 7) is 4.44. The summed E-state index contributed by atoms with van der Waals surface area (Å²) in [6.07, 6.45) is 2.76. The first-order valence-corrected chi connectivity index (χ1v) is 10.0. The number of nitrogens with zero attached hydrogens (tertiary/aromatic N) is 6. The van der Waals surface area contributed by atoms with Crippen molar-refractivity contribution in [2.24, 2.45) is 12.0 Å². The number of aromatic amines is 1. The average molecular weight is 538 g/mol. The van der Waals surface area contributed by atoms with Crippen molar-refractivity contribution in [2.75, 3.05) is 27.3 Å². The summed E-state index contributed by atoms with van der Waals surface area (Å²) in [5, 5.41) is 11.7. The van der Waals surface area contributed by atoms with Crippen molar-refractivity contribution in [3.8, 4) is 11.3 Å². The first-order valence-electron chi connectivity index (χ1n) is 10.0. The lowest BCUT2D eigenvalue weighted by Gasteiger charge is -2.21. The molecule has 0 saturated heterocycles. The zero-order valence-electron chi connectivity index (χ0n) is 18.5. The van der Waals surface area contributed by atoms with Crippen LogP contribution in [0.5, 0.6) is 0 Å². The number of hydrogen-bond donors (Lipinski definition) is 2. The Morgan fingerprint density at radius 2 is 2.03 bits per heavy atom. The van der Waals surface area contributed by atoms with Gasteiger partial charge < -0.3 is 24.5 Å². The van der Waals surface area contributed by atoms with E-state index in [2.05, 4.69) is 37.6 Å². The van der Waals surface area contributed by atoms with E-state index in [4.69, 9.17) is 9.73 Å². The molecule has 10 heteroatoms. The predicted octanol–water partition coefficient (Wildman–Crippen LogP) is 2.75. The molecule has 0 saturated carbocycles. The van der Waals surface area contributed by atoms with E-state index in [-0.39, 0.29) is 24.0 Å². The molecular weight excluding hydrogens is 507 g/mol. The van der Waals surface area contributed by atoms with Crippen LogP contribution in [0.4, 0.5) is 0 Å². The van der Waals surface area contributed by atoms with Gasteiger partial charge in [0.1, 0.15) is 18.2 Å². The van der Waals surface area contributed by atoms with Gasteiger partial charge in [-0.05, 0) is 18.9 Å². The zero-order valence-corrected chi connectivity index (χ0v) is 20.8. The molecule has 0 radical (unpaired) electrons. The minimum absolute atomic E-state index is 0. The maximum Gasteiger partial charge on any atom is 0.194 e. The zero-order chi connectivity index (χ0) is 21.3. The molecule has 3 aromatic rings. The second-order valence-electron chi connectivity index (χ2n) is 7.10. The third kappa shape index (κ3) is 7.03. The van der Waals surface area contributed by atoms with E-state index in [1.54, 1.807) is 7.11 Å². The predicted molar refractivity (Wildman–Crippen MR) is 132 cm³/mol. The number of guanidine groups is 1. The molecule has 0 fully saturated rings. The Morgan fingerprint density at radius 3 is 2.71 bits per heavy atom. The number of H-pyrrole nitrogens is 1. The fraction of sp³-hybridized carbons (Fsp3) is 0.429. The summed E-state index contributed by atoms with van der Waals surface area (Å²) in [5.41, 5.74) is 2.11. The molecule has 0 bridgehead atoms. The van der Waals surface area contributed by atoms with Crippen LogP contribution in [0.25, 0.3) is 11.3 Å². The molecule has 0 aliphatic heterocycles. The van der Waals surface area contributed by atoms with E-state index < -0.39 is 0 Å². The summed E-state index contributed by atoms with van der Waals surface area (Å²) in [5.74, 6) is 3.34. The van der Waals surface area contributed by atoms with Gasteiger partial charge in [0.25, 0.3) is 0 Å². The van der Waals surface area contributed by atoms with Crippen molar-refractivity contribution in [3.63, 3.8) is 0 Å². The fourth-order valence-corrected chi connectivity index (χ4v) is 2.97. The van der Waals surface area contributed by atoms with Crippen LogP contribution in [0.3, 0.4) is 0 Å². The van der Waals surface area contributed by atoms with Gasteiger partial charge in [-0.25, -0.2) is 9.98 Å². The van der Waals surface area contributed by atoms with E-state index >= 15 is 0 Å². The largest absolute Gasteiger partial charge is 0.385 e. The highest BCUT2D eigenvalue weighted by Gasteiger charge is 2.12. The van der Waals surface area contributed by atoms with Crippen molar-refractivity contribution < 1.29 is 4.74 Å². The Kier molecular flexibility index (Phi) is 9.92. The molecule has 0 amide bonds. The molecule has 2 aromatic heterocycles. The quantitative estimate of drug-likeness (QED) is 0.188. The molecule has 2 heterocycles. The fourth-order valence-electron chi connectivity index (χ4n) is 2.97. The second kappa shape index (κ2) is 12.4. The number of ether oxygens (including phenoxy) is 1. The third-order valence-corrected chi connectivity index (χ3v) is 4.82. The molecule has 0 atom stereocenters. The van der Waals surface area contributed by atoms with Gasteiger partial charge in [-0.15, -0.1) is 34.2 Å². The molecule has 1 aromatic carbocycles. The van der Waals surface area contributed by atoms with Crippen molar-refractivity contribution in [3.05, 3.63) is 54.0 Å². The number of imidazole rings is 1. The van der Waals surface area contributed by atoms with E-state index in [0.717, 1.165) is 47.7 Å². The number of rotatable bonds is 9. The summed E-state index contributed by atoms with van der Waals surface area (Å²) in [6, 6.07) is 10.2. The number of hydrogen-bond acceptors (Lipinski definition) is 5. The van der Waals surface area contributed by atoms with Crippen molar-refractivity contribution in [1.29, 1.82) is 0 Å². The van der Waals surface area contributed by atoms with E-state index in [9.17, 15) is 0 Å². The minimum Gasteiger partial charge on any atom is -0.385 e. The van der Waals surface area contributed by atoms with Crippen LogP contribution in [-0.2, 0) is 24.9 Å². The van der Waals surface area contributed by atoms with Crippen LogP contribution in [0, 0.1) is 6.92 Å². The SMILES string of the molecule is COCCCNC(=NCc1nnc(C)n1C)N(C)Cc1ncc(-c2ccccc2)[nH]1.I. The Morgan fingerprint density at radius 1 is 1.26 bits per heavy atom. The molecule has 0 aliphatic carbocycles. The van der Waals surface area contributed by atoms with E-state index in [0.29, 0.717) is 19.7 Å². The lowest BCUT2D eigenvalue weighted by molar-refractivity contribution is 0.195. The van der Waals surface area contributed by atoms with Gasteiger partial charge in [-0.2, -0.15) is 0 Å². The maximum atomic E-state index is 5.14. The van der Waals surface area contributed by atoms with Crippen molar-refractivity contribution in [2.45, 2.75) is 26.4 Å². The van der Waals surface area contributed by atoms with Gasteiger partial charge in [-0.3, -0.25) is 0 Å². The van der Waals surface area contributed by atoms with Crippen LogP contribution >= 0.6 is 24.0 Å². The molecular formula is C21H31IN8O. The molecule has 2 N–H and O–H groups in total. The normalized spacial score (nSPS) is 11.3. The number of aryl methyl sites for hydroxylation is 1.